The van der Waals surface area contributed by atoms with Gasteiger partial charge in [-0.2, -0.15) is 13.2 Å². The van der Waals surface area contributed by atoms with Crippen LogP contribution < -0.4 is 14.8 Å². The van der Waals surface area contributed by atoms with Crippen molar-refractivity contribution in [1.29, 1.82) is 0 Å². The average molecular weight is 445 g/mol. The van der Waals surface area contributed by atoms with Gasteiger partial charge < -0.3 is 10.1 Å². The summed E-state index contributed by atoms with van der Waals surface area (Å²) in [7, 11) is -3.42. The second-order valence-electron chi connectivity index (χ2n) is 6.82. The van der Waals surface area contributed by atoms with Crippen LogP contribution in [0.15, 0.2) is 42.6 Å². The second-order valence-corrected chi connectivity index (χ2v) is 8.57. The normalized spacial score (nSPS) is 12.1. The zero-order chi connectivity index (χ0) is 22.4. The highest BCUT2D eigenvalue weighted by atomic mass is 32.2. The lowest BCUT2D eigenvalue weighted by Gasteiger charge is -2.10. The molecule has 164 valence electrons. The van der Waals surface area contributed by atoms with Gasteiger partial charge in [-0.15, -0.1) is 0 Å². The second kappa shape index (κ2) is 9.90. The minimum atomic E-state index is -4.47. The van der Waals surface area contributed by atoms with Gasteiger partial charge in [0.2, 0.25) is 15.9 Å². The number of aromatic nitrogens is 1. The number of hydrogen-bond donors (Lipinski definition) is 2. The van der Waals surface area contributed by atoms with E-state index in [1.807, 2.05) is 0 Å². The predicted octanol–water partition coefficient (Wildman–Crippen LogP) is 2.78. The van der Waals surface area contributed by atoms with Gasteiger partial charge in [-0.3, -0.25) is 4.79 Å². The van der Waals surface area contributed by atoms with E-state index in [4.69, 9.17) is 0 Å². The molecule has 2 aromatic rings. The van der Waals surface area contributed by atoms with Crippen molar-refractivity contribution in [3.8, 4) is 5.88 Å². The molecule has 0 bridgehead atoms. The maximum absolute atomic E-state index is 12.1. The highest BCUT2D eigenvalue weighted by Crippen LogP contribution is 2.17. The molecule has 0 aliphatic carbocycles. The molecule has 1 heterocycles. The Morgan fingerprint density at radius 2 is 1.73 bits per heavy atom. The van der Waals surface area contributed by atoms with Crippen LogP contribution in [0.1, 0.15) is 35.3 Å². The van der Waals surface area contributed by atoms with Crippen molar-refractivity contribution in [3.63, 3.8) is 0 Å². The summed E-state index contributed by atoms with van der Waals surface area (Å²) in [4.78, 5) is 15.8. The maximum atomic E-state index is 12.1. The third kappa shape index (κ3) is 8.37. The third-order valence-corrected chi connectivity index (χ3v) is 5.17. The molecule has 0 saturated heterocycles. The summed E-state index contributed by atoms with van der Waals surface area (Å²) < 4.78 is 67.2. The molecular weight excluding hydrogens is 423 g/mol. The highest BCUT2D eigenvalue weighted by Gasteiger charge is 2.28. The van der Waals surface area contributed by atoms with Crippen LogP contribution in [0.4, 0.5) is 13.2 Å². The van der Waals surface area contributed by atoms with E-state index in [9.17, 15) is 26.4 Å². The van der Waals surface area contributed by atoms with Crippen LogP contribution in [0.3, 0.4) is 0 Å². The molecule has 7 nitrogen and oxygen atoms in total. The van der Waals surface area contributed by atoms with Gasteiger partial charge in [0.05, 0.1) is 11.3 Å². The number of benzene rings is 1. The van der Waals surface area contributed by atoms with Gasteiger partial charge in [-0.25, -0.2) is 18.1 Å². The van der Waals surface area contributed by atoms with Gasteiger partial charge in [0, 0.05) is 24.8 Å². The first-order chi connectivity index (χ1) is 13.9. The molecule has 0 aliphatic rings. The number of halogens is 3. The number of carbonyl (C=O) groups is 1. The fraction of sp³-hybridized carbons (Fsp3) is 0.368. The smallest absolute Gasteiger partial charge is 0.422 e. The molecule has 2 N–H and O–H groups in total. The van der Waals surface area contributed by atoms with Crippen molar-refractivity contribution in [2.45, 2.75) is 38.4 Å². The number of pyridine rings is 1. The van der Waals surface area contributed by atoms with Gasteiger partial charge in [0.25, 0.3) is 5.91 Å². The molecule has 0 atom stereocenters. The van der Waals surface area contributed by atoms with Crippen LogP contribution in [-0.4, -0.2) is 38.1 Å². The molecule has 0 saturated carbocycles. The van der Waals surface area contributed by atoms with Crippen LogP contribution in [-0.2, 0) is 22.3 Å². The van der Waals surface area contributed by atoms with Crippen molar-refractivity contribution in [2.24, 2.45) is 0 Å². The lowest BCUT2D eigenvalue weighted by atomic mass is 10.1. The zero-order valence-corrected chi connectivity index (χ0v) is 17.2. The molecule has 1 aromatic heterocycles. The number of carbonyl (C=O) groups excluding carboxylic acids is 1. The monoisotopic (exact) mass is 445 g/mol. The lowest BCUT2D eigenvalue weighted by Crippen LogP contribution is -2.31. The molecule has 0 unspecified atom stereocenters. The Morgan fingerprint density at radius 3 is 2.27 bits per heavy atom. The SMILES string of the molecule is CC(C)NS(=O)(=O)Cc1ccc(CNC(=O)c2ccc(OCC(F)(F)F)nc2)cc1. The maximum Gasteiger partial charge on any atom is 0.422 e. The summed E-state index contributed by atoms with van der Waals surface area (Å²) in [6, 6.07) is 9.03. The van der Waals surface area contributed by atoms with E-state index in [1.54, 1.807) is 38.1 Å². The number of alkyl halides is 3. The van der Waals surface area contributed by atoms with Gasteiger partial charge in [-0.05, 0) is 31.0 Å². The molecule has 1 aromatic carbocycles. The molecule has 2 rings (SSSR count). The van der Waals surface area contributed by atoms with Crippen molar-refractivity contribution in [2.75, 3.05) is 6.61 Å². The standard InChI is InChI=1S/C19H22F3N3O4S/c1-13(2)25-30(27,28)11-15-5-3-14(4-6-15)9-24-18(26)16-7-8-17(23-10-16)29-12-19(20,21)22/h3-8,10,13,25H,9,11-12H2,1-2H3,(H,24,26). The van der Waals surface area contributed by atoms with Crippen LogP contribution in [0, 0.1) is 0 Å². The minimum absolute atomic E-state index is 0.147. The van der Waals surface area contributed by atoms with Gasteiger partial charge >= 0.3 is 6.18 Å². The average Bonchev–Trinajstić information content (AvgIpc) is 2.64. The van der Waals surface area contributed by atoms with Crippen molar-refractivity contribution in [1.82, 2.24) is 15.0 Å². The molecule has 0 radical (unpaired) electrons. The summed E-state index contributed by atoms with van der Waals surface area (Å²) in [5.41, 5.74) is 1.52. The largest absolute Gasteiger partial charge is 0.468 e. The van der Waals surface area contributed by atoms with Crippen LogP contribution >= 0.6 is 0 Å². The summed E-state index contributed by atoms with van der Waals surface area (Å²) in [6.45, 7) is 2.20. The Morgan fingerprint density at radius 1 is 1.10 bits per heavy atom. The van der Waals surface area contributed by atoms with Crippen molar-refractivity contribution < 1.29 is 31.1 Å². The van der Waals surface area contributed by atoms with E-state index >= 15 is 0 Å². The summed E-state index contributed by atoms with van der Waals surface area (Å²) in [5.74, 6) is -0.842. The summed E-state index contributed by atoms with van der Waals surface area (Å²) in [6.07, 6.45) is -3.35. The molecule has 1 amide bonds. The van der Waals surface area contributed by atoms with Crippen LogP contribution in [0.25, 0.3) is 0 Å². The van der Waals surface area contributed by atoms with Crippen molar-refractivity contribution in [3.05, 3.63) is 59.3 Å². The van der Waals surface area contributed by atoms with Crippen molar-refractivity contribution >= 4 is 15.9 Å². The van der Waals surface area contributed by atoms with E-state index in [-0.39, 0.29) is 29.8 Å². The fourth-order valence-corrected chi connectivity index (χ4v) is 3.85. The van der Waals surface area contributed by atoms with E-state index in [1.165, 1.54) is 12.1 Å². The Bertz CT molecular complexity index is 944. The first kappa shape index (κ1) is 23.6. The Kier molecular flexibility index (Phi) is 7.79. The number of ether oxygens (including phenoxy) is 1. The Hall–Kier alpha value is -2.66. The predicted molar refractivity (Wildman–Crippen MR) is 104 cm³/mol. The summed E-state index contributed by atoms with van der Waals surface area (Å²) in [5, 5.41) is 2.65. The van der Waals surface area contributed by atoms with Gasteiger partial charge in [-0.1, -0.05) is 24.3 Å². The summed E-state index contributed by atoms with van der Waals surface area (Å²) >= 11 is 0. The molecule has 0 spiro atoms. The molecule has 11 heteroatoms. The number of rotatable bonds is 9. The van der Waals surface area contributed by atoms with E-state index in [2.05, 4.69) is 19.8 Å². The lowest BCUT2D eigenvalue weighted by molar-refractivity contribution is -0.154. The Balaban J connectivity index is 1.87. The number of amides is 1. The first-order valence-electron chi connectivity index (χ1n) is 8.95. The van der Waals surface area contributed by atoms with E-state index < -0.39 is 28.7 Å². The molecule has 0 fully saturated rings. The molecule has 0 aliphatic heterocycles. The Labute approximate surface area is 172 Å². The van der Waals surface area contributed by atoms with Gasteiger partial charge in [0.1, 0.15) is 0 Å². The highest BCUT2D eigenvalue weighted by molar-refractivity contribution is 7.88. The van der Waals surface area contributed by atoms with E-state index in [0.29, 0.717) is 5.56 Å². The zero-order valence-electron chi connectivity index (χ0n) is 16.4. The fourth-order valence-electron chi connectivity index (χ4n) is 2.41. The quantitative estimate of drug-likeness (QED) is 0.619. The number of hydrogen-bond acceptors (Lipinski definition) is 5. The number of sulfonamides is 1. The topological polar surface area (TPSA) is 97.4 Å². The third-order valence-electron chi connectivity index (χ3n) is 3.63. The van der Waals surface area contributed by atoms with Crippen LogP contribution in [0.5, 0.6) is 5.88 Å². The van der Waals surface area contributed by atoms with E-state index in [0.717, 1.165) is 11.8 Å². The first-order valence-corrected chi connectivity index (χ1v) is 10.6. The molecule has 30 heavy (non-hydrogen) atoms. The molecular formula is C19H22F3N3O4S. The van der Waals surface area contributed by atoms with Crippen LogP contribution in [0.2, 0.25) is 0 Å². The van der Waals surface area contributed by atoms with Gasteiger partial charge in [0.15, 0.2) is 6.61 Å². The minimum Gasteiger partial charge on any atom is -0.468 e. The number of nitrogens with one attached hydrogen (secondary N) is 2. The number of nitrogens with zero attached hydrogens (tertiary/aromatic N) is 1.